The lowest BCUT2D eigenvalue weighted by molar-refractivity contribution is -0.120. The molecular weight excluding hydrogens is 470 g/mol. The maximum absolute atomic E-state index is 13.0. The van der Waals surface area contributed by atoms with E-state index in [1.54, 1.807) is 12.1 Å². The summed E-state index contributed by atoms with van der Waals surface area (Å²) in [7, 11) is -3.73. The van der Waals surface area contributed by atoms with Crippen LogP contribution in [0.3, 0.4) is 0 Å². The maximum Gasteiger partial charge on any atom is 0.243 e. The number of amides is 1. The lowest BCUT2D eigenvalue weighted by Gasteiger charge is -2.30. The zero-order valence-electron chi connectivity index (χ0n) is 18.5. The number of hydrogen-bond donors (Lipinski definition) is 1. The van der Waals surface area contributed by atoms with E-state index < -0.39 is 10.0 Å². The van der Waals surface area contributed by atoms with Crippen LogP contribution in [-0.4, -0.2) is 42.5 Å². The molecule has 4 aromatic rings. The Morgan fingerprint density at radius 1 is 1.03 bits per heavy atom. The molecule has 174 valence electrons. The summed E-state index contributed by atoms with van der Waals surface area (Å²) >= 11 is 1.43. The molecule has 2 heterocycles. The first kappa shape index (κ1) is 22.6. The second-order valence-electron chi connectivity index (χ2n) is 8.40. The predicted octanol–water partition coefficient (Wildman–Crippen LogP) is 4.69. The number of hydrogen-bond acceptors (Lipinski definition) is 6. The Bertz CT molecular complexity index is 1520. The number of sulfonamides is 1. The van der Waals surface area contributed by atoms with E-state index in [1.807, 2.05) is 36.4 Å². The Hall–Kier alpha value is -3.14. The third kappa shape index (κ3) is 4.22. The normalized spacial score (nSPS) is 15.6. The van der Waals surface area contributed by atoms with Gasteiger partial charge in [0.1, 0.15) is 0 Å². The second-order valence-corrected chi connectivity index (χ2v) is 11.4. The van der Waals surface area contributed by atoms with E-state index in [0.29, 0.717) is 23.5 Å². The monoisotopic (exact) mass is 493 g/mol. The van der Waals surface area contributed by atoms with Crippen molar-refractivity contribution >= 4 is 59.2 Å². The number of nitrogens with zero attached hydrogens (tertiary/aromatic N) is 2. The van der Waals surface area contributed by atoms with Gasteiger partial charge in [0.15, 0.2) is 10.9 Å². The Labute approximate surface area is 201 Å². The van der Waals surface area contributed by atoms with Gasteiger partial charge in [-0.05, 0) is 43.4 Å². The van der Waals surface area contributed by atoms with Crippen LogP contribution in [0.15, 0.2) is 65.6 Å². The topological polar surface area (TPSA) is 96.4 Å². The fourth-order valence-electron chi connectivity index (χ4n) is 4.31. The highest BCUT2D eigenvalue weighted by atomic mass is 32.2. The van der Waals surface area contributed by atoms with Gasteiger partial charge in [-0.25, -0.2) is 13.4 Å². The van der Waals surface area contributed by atoms with E-state index in [1.165, 1.54) is 34.7 Å². The van der Waals surface area contributed by atoms with Crippen molar-refractivity contribution in [1.29, 1.82) is 0 Å². The number of aromatic nitrogens is 1. The lowest BCUT2D eigenvalue weighted by Crippen LogP contribution is -2.41. The summed E-state index contributed by atoms with van der Waals surface area (Å²) in [6, 6.07) is 18.1. The number of ketones is 1. The quantitative estimate of drug-likeness (QED) is 0.407. The third-order valence-electron chi connectivity index (χ3n) is 6.22. The summed E-state index contributed by atoms with van der Waals surface area (Å²) in [6.07, 6.45) is 0.844. The molecule has 0 unspecified atom stereocenters. The molecule has 3 aromatic carbocycles. The average molecular weight is 494 g/mol. The van der Waals surface area contributed by atoms with Crippen molar-refractivity contribution in [2.75, 3.05) is 18.4 Å². The predicted molar refractivity (Wildman–Crippen MR) is 134 cm³/mol. The smallest absolute Gasteiger partial charge is 0.243 e. The minimum absolute atomic E-state index is 0.102. The molecule has 1 N–H and O–H groups in total. The molecule has 0 spiro atoms. The van der Waals surface area contributed by atoms with Gasteiger partial charge < -0.3 is 5.32 Å². The Kier molecular flexibility index (Phi) is 5.93. The fourth-order valence-corrected chi connectivity index (χ4v) is 6.71. The first-order valence-corrected chi connectivity index (χ1v) is 13.3. The van der Waals surface area contributed by atoms with Crippen molar-refractivity contribution in [3.05, 3.63) is 66.2 Å². The van der Waals surface area contributed by atoms with Crippen molar-refractivity contribution in [3.63, 3.8) is 0 Å². The molecule has 1 amide bonds. The van der Waals surface area contributed by atoms with Crippen LogP contribution in [0.5, 0.6) is 0 Å². The molecular formula is C25H23N3O4S2. The SMILES string of the molecule is CC(=O)c1cccc(S(=O)(=O)N2CCC(C(=O)Nc3nc4c(ccc5ccccc54)s3)CC2)c1. The molecule has 0 aliphatic carbocycles. The molecule has 5 rings (SSSR count). The lowest BCUT2D eigenvalue weighted by atomic mass is 9.97. The largest absolute Gasteiger partial charge is 0.302 e. The standard InChI is InChI=1S/C25H23N3O4S2/c1-16(29)19-6-4-7-20(15-19)34(31,32)28-13-11-18(12-14-28)24(30)27-25-26-23-21-8-3-2-5-17(21)9-10-22(23)33-25/h2-10,15,18H,11-14H2,1H3,(H,26,27,30). The number of carbonyl (C=O) groups excluding carboxylic acids is 2. The first-order chi connectivity index (χ1) is 16.3. The van der Waals surface area contributed by atoms with Crippen LogP contribution in [0.4, 0.5) is 5.13 Å². The van der Waals surface area contributed by atoms with E-state index >= 15 is 0 Å². The Balaban J connectivity index is 1.27. The zero-order valence-corrected chi connectivity index (χ0v) is 20.2. The van der Waals surface area contributed by atoms with Gasteiger partial charge in [0, 0.05) is 30.0 Å². The number of thiazole rings is 1. The average Bonchev–Trinajstić information content (AvgIpc) is 3.27. The minimum atomic E-state index is -3.73. The molecule has 1 aliphatic rings. The van der Waals surface area contributed by atoms with Crippen LogP contribution in [0, 0.1) is 5.92 Å². The van der Waals surface area contributed by atoms with Crippen LogP contribution in [0.25, 0.3) is 21.0 Å². The molecule has 1 aliphatic heterocycles. The third-order valence-corrected chi connectivity index (χ3v) is 9.05. The van der Waals surface area contributed by atoms with Crippen molar-refractivity contribution in [3.8, 4) is 0 Å². The number of anilines is 1. The van der Waals surface area contributed by atoms with Gasteiger partial charge in [-0.15, -0.1) is 0 Å². The Morgan fingerprint density at radius 3 is 2.56 bits per heavy atom. The number of benzene rings is 3. The number of nitrogens with one attached hydrogen (secondary N) is 1. The molecule has 9 heteroatoms. The van der Waals surface area contributed by atoms with Gasteiger partial charge in [-0.1, -0.05) is 53.8 Å². The molecule has 0 radical (unpaired) electrons. The molecule has 0 atom stereocenters. The number of rotatable bonds is 5. The van der Waals surface area contributed by atoms with Gasteiger partial charge >= 0.3 is 0 Å². The zero-order chi connectivity index (χ0) is 23.9. The summed E-state index contributed by atoms with van der Waals surface area (Å²) in [5.41, 5.74) is 1.23. The van der Waals surface area contributed by atoms with Crippen molar-refractivity contribution in [1.82, 2.24) is 9.29 Å². The Morgan fingerprint density at radius 2 is 1.79 bits per heavy atom. The van der Waals surface area contributed by atoms with Gasteiger partial charge in [0.2, 0.25) is 15.9 Å². The molecule has 0 saturated carbocycles. The highest BCUT2D eigenvalue weighted by molar-refractivity contribution is 7.89. The van der Waals surface area contributed by atoms with Crippen LogP contribution < -0.4 is 5.32 Å². The fraction of sp³-hybridized carbons (Fsp3) is 0.240. The highest BCUT2D eigenvalue weighted by Gasteiger charge is 2.32. The summed E-state index contributed by atoms with van der Waals surface area (Å²) in [5, 5.41) is 5.63. The number of piperidine rings is 1. The summed E-state index contributed by atoms with van der Waals surface area (Å²) < 4.78 is 28.5. The molecule has 1 aromatic heterocycles. The van der Waals surface area contributed by atoms with E-state index in [4.69, 9.17) is 0 Å². The second kappa shape index (κ2) is 8.90. The van der Waals surface area contributed by atoms with E-state index in [0.717, 1.165) is 21.0 Å². The summed E-state index contributed by atoms with van der Waals surface area (Å²) in [5.74, 6) is -0.618. The van der Waals surface area contributed by atoms with E-state index in [9.17, 15) is 18.0 Å². The van der Waals surface area contributed by atoms with Crippen LogP contribution in [0.1, 0.15) is 30.1 Å². The van der Waals surface area contributed by atoms with Crippen molar-refractivity contribution in [2.45, 2.75) is 24.7 Å². The van der Waals surface area contributed by atoms with Crippen LogP contribution in [-0.2, 0) is 14.8 Å². The van der Waals surface area contributed by atoms with Crippen LogP contribution in [0.2, 0.25) is 0 Å². The van der Waals surface area contributed by atoms with E-state index in [-0.39, 0.29) is 35.6 Å². The van der Waals surface area contributed by atoms with Gasteiger partial charge in [0.25, 0.3) is 0 Å². The van der Waals surface area contributed by atoms with Crippen molar-refractivity contribution < 1.29 is 18.0 Å². The summed E-state index contributed by atoms with van der Waals surface area (Å²) in [6.45, 7) is 1.90. The number of Topliss-reactive ketones (excluding diaryl/α,β-unsaturated/α-hetero) is 1. The summed E-state index contributed by atoms with van der Waals surface area (Å²) in [4.78, 5) is 29.3. The maximum atomic E-state index is 13.0. The molecule has 0 bridgehead atoms. The van der Waals surface area contributed by atoms with Crippen LogP contribution >= 0.6 is 11.3 Å². The minimum Gasteiger partial charge on any atom is -0.302 e. The first-order valence-electron chi connectivity index (χ1n) is 11.0. The van der Waals surface area contributed by atoms with Gasteiger partial charge in [-0.3, -0.25) is 9.59 Å². The number of fused-ring (bicyclic) bond motifs is 3. The van der Waals surface area contributed by atoms with Gasteiger partial charge in [-0.2, -0.15) is 4.31 Å². The number of carbonyl (C=O) groups is 2. The van der Waals surface area contributed by atoms with Crippen molar-refractivity contribution in [2.24, 2.45) is 5.92 Å². The molecule has 1 fully saturated rings. The molecule has 1 saturated heterocycles. The highest BCUT2D eigenvalue weighted by Crippen LogP contribution is 2.32. The molecule has 34 heavy (non-hydrogen) atoms. The molecule has 7 nitrogen and oxygen atoms in total. The van der Waals surface area contributed by atoms with E-state index in [2.05, 4.69) is 10.3 Å². The van der Waals surface area contributed by atoms with Gasteiger partial charge in [0.05, 0.1) is 15.1 Å².